The fraction of sp³-hybridized carbons (Fsp3) is 0.917. The van der Waals surface area contributed by atoms with E-state index in [1.807, 2.05) is 4.90 Å². The zero-order valence-corrected chi connectivity index (χ0v) is 10.5. The summed E-state index contributed by atoms with van der Waals surface area (Å²) >= 11 is 0. The van der Waals surface area contributed by atoms with E-state index < -0.39 is 0 Å². The monoisotopic (exact) mass is 242 g/mol. The number of ether oxygens (including phenoxy) is 1. The topological polar surface area (TPSA) is 53.0 Å². The molecule has 0 aliphatic carbocycles. The van der Waals surface area contributed by atoms with E-state index >= 15 is 0 Å². The molecule has 2 heterocycles. The molecule has 5 heteroatoms. The number of carbonyl (C=O) groups excluding carboxylic acids is 1. The number of aliphatic hydroxyl groups is 1. The Morgan fingerprint density at radius 3 is 2.71 bits per heavy atom. The summed E-state index contributed by atoms with van der Waals surface area (Å²) in [5.41, 5.74) is 0. The van der Waals surface area contributed by atoms with Crippen molar-refractivity contribution in [2.24, 2.45) is 0 Å². The van der Waals surface area contributed by atoms with Gasteiger partial charge in [0.1, 0.15) is 6.61 Å². The summed E-state index contributed by atoms with van der Waals surface area (Å²) in [5, 5.41) is 9.32. The van der Waals surface area contributed by atoms with Crippen molar-refractivity contribution in [1.29, 1.82) is 0 Å². The number of likely N-dealkylation sites (tertiary alicyclic amines) is 1. The van der Waals surface area contributed by atoms with Gasteiger partial charge in [-0.05, 0) is 19.4 Å². The highest BCUT2D eigenvalue weighted by atomic mass is 16.5. The molecule has 2 fully saturated rings. The van der Waals surface area contributed by atoms with Crippen molar-refractivity contribution in [2.75, 3.05) is 39.5 Å². The lowest BCUT2D eigenvalue weighted by molar-refractivity contribution is -0.155. The smallest absolute Gasteiger partial charge is 0.249 e. The van der Waals surface area contributed by atoms with Gasteiger partial charge in [-0.2, -0.15) is 0 Å². The normalized spacial score (nSPS) is 28.7. The van der Waals surface area contributed by atoms with E-state index in [9.17, 15) is 9.90 Å². The lowest BCUT2D eigenvalue weighted by atomic mass is 10.0. The Kier molecular flexibility index (Phi) is 4.36. The summed E-state index contributed by atoms with van der Waals surface area (Å²) in [6.07, 6.45) is 2.02. The number of carbonyl (C=O) groups is 1. The van der Waals surface area contributed by atoms with Gasteiger partial charge in [0, 0.05) is 19.1 Å². The molecule has 1 unspecified atom stereocenters. The van der Waals surface area contributed by atoms with E-state index in [1.165, 1.54) is 0 Å². The highest BCUT2D eigenvalue weighted by Crippen LogP contribution is 2.21. The Morgan fingerprint density at radius 2 is 2.12 bits per heavy atom. The largest absolute Gasteiger partial charge is 0.394 e. The first-order valence-corrected chi connectivity index (χ1v) is 6.48. The van der Waals surface area contributed by atoms with Gasteiger partial charge in [0.15, 0.2) is 0 Å². The molecule has 2 aliphatic rings. The number of piperidine rings is 1. The summed E-state index contributed by atoms with van der Waals surface area (Å²) < 4.78 is 5.19. The van der Waals surface area contributed by atoms with Crippen LogP contribution in [0, 0.1) is 0 Å². The zero-order chi connectivity index (χ0) is 12.3. The van der Waals surface area contributed by atoms with Crippen LogP contribution in [-0.4, -0.2) is 72.4 Å². The van der Waals surface area contributed by atoms with E-state index in [4.69, 9.17) is 4.74 Å². The summed E-state index contributed by atoms with van der Waals surface area (Å²) in [6, 6.07) is 0.140. The lowest BCUT2D eigenvalue weighted by Crippen LogP contribution is -2.58. The number of rotatable bonds is 3. The molecule has 2 aliphatic heterocycles. The third kappa shape index (κ3) is 2.78. The first-order valence-electron chi connectivity index (χ1n) is 6.48. The first kappa shape index (κ1) is 12.8. The standard InChI is InChI=1S/C12H22N2O3/c1-2-13-5-3-10(4-6-13)14-11(7-15)8-17-9-12(14)16/h10-11,15H,2-9H2,1H3. The molecule has 1 atom stereocenters. The third-order valence-electron chi connectivity index (χ3n) is 3.83. The van der Waals surface area contributed by atoms with Crippen molar-refractivity contribution in [2.45, 2.75) is 31.8 Å². The van der Waals surface area contributed by atoms with Crippen LogP contribution in [0.4, 0.5) is 0 Å². The van der Waals surface area contributed by atoms with E-state index in [0.29, 0.717) is 6.61 Å². The molecule has 0 aromatic heterocycles. The van der Waals surface area contributed by atoms with Crippen LogP contribution < -0.4 is 0 Å². The highest BCUT2D eigenvalue weighted by molar-refractivity contribution is 5.78. The van der Waals surface area contributed by atoms with Crippen LogP contribution in [-0.2, 0) is 9.53 Å². The molecule has 1 amide bonds. The van der Waals surface area contributed by atoms with Gasteiger partial charge in [-0.3, -0.25) is 4.79 Å². The summed E-state index contributed by atoms with van der Waals surface area (Å²) in [6.45, 7) is 5.97. The van der Waals surface area contributed by atoms with Crippen LogP contribution in [0.25, 0.3) is 0 Å². The Balaban J connectivity index is 1.97. The van der Waals surface area contributed by atoms with Crippen molar-refractivity contribution in [3.05, 3.63) is 0 Å². The molecule has 0 saturated carbocycles. The average molecular weight is 242 g/mol. The SMILES string of the molecule is CCN1CCC(N2C(=O)COCC2CO)CC1. The van der Waals surface area contributed by atoms with Gasteiger partial charge in [0.25, 0.3) is 0 Å². The van der Waals surface area contributed by atoms with Gasteiger partial charge in [-0.1, -0.05) is 6.92 Å². The molecular formula is C12H22N2O3. The van der Waals surface area contributed by atoms with Crippen LogP contribution in [0.3, 0.4) is 0 Å². The lowest BCUT2D eigenvalue weighted by Gasteiger charge is -2.43. The number of nitrogens with zero attached hydrogens (tertiary/aromatic N) is 2. The molecule has 98 valence electrons. The number of hydrogen-bond acceptors (Lipinski definition) is 4. The Morgan fingerprint density at radius 1 is 1.41 bits per heavy atom. The quantitative estimate of drug-likeness (QED) is 0.737. The predicted molar refractivity (Wildman–Crippen MR) is 63.7 cm³/mol. The number of morpholine rings is 1. The molecule has 17 heavy (non-hydrogen) atoms. The van der Waals surface area contributed by atoms with Crippen LogP contribution in [0.15, 0.2) is 0 Å². The van der Waals surface area contributed by atoms with Crippen LogP contribution >= 0.6 is 0 Å². The number of aliphatic hydroxyl groups excluding tert-OH is 1. The average Bonchev–Trinajstić information content (AvgIpc) is 2.38. The van der Waals surface area contributed by atoms with Crippen molar-refractivity contribution < 1.29 is 14.6 Å². The molecule has 0 bridgehead atoms. The van der Waals surface area contributed by atoms with Gasteiger partial charge in [0.2, 0.25) is 5.91 Å². The van der Waals surface area contributed by atoms with Crippen LogP contribution in [0.1, 0.15) is 19.8 Å². The first-order chi connectivity index (χ1) is 8.26. The molecule has 0 aromatic rings. The Bertz CT molecular complexity index is 264. The molecule has 1 N–H and O–H groups in total. The van der Waals surface area contributed by atoms with E-state index in [-0.39, 0.29) is 31.2 Å². The van der Waals surface area contributed by atoms with Gasteiger partial charge >= 0.3 is 0 Å². The molecule has 2 saturated heterocycles. The number of amides is 1. The Labute approximate surface area is 102 Å². The van der Waals surface area contributed by atoms with Crippen LogP contribution in [0.2, 0.25) is 0 Å². The summed E-state index contributed by atoms with van der Waals surface area (Å²) in [7, 11) is 0. The third-order valence-corrected chi connectivity index (χ3v) is 3.83. The Hall–Kier alpha value is -0.650. The highest BCUT2D eigenvalue weighted by Gasteiger charge is 2.35. The number of hydrogen-bond donors (Lipinski definition) is 1. The van der Waals surface area contributed by atoms with Crippen molar-refractivity contribution in [3.63, 3.8) is 0 Å². The van der Waals surface area contributed by atoms with Crippen molar-refractivity contribution in [1.82, 2.24) is 9.80 Å². The summed E-state index contributed by atoms with van der Waals surface area (Å²) in [4.78, 5) is 16.2. The van der Waals surface area contributed by atoms with E-state index in [2.05, 4.69) is 11.8 Å². The predicted octanol–water partition coefficient (Wildman–Crippen LogP) is -0.310. The minimum absolute atomic E-state index is 0.000266. The van der Waals surface area contributed by atoms with Crippen molar-refractivity contribution in [3.8, 4) is 0 Å². The zero-order valence-electron chi connectivity index (χ0n) is 10.5. The second kappa shape index (κ2) is 5.80. The maximum Gasteiger partial charge on any atom is 0.249 e. The van der Waals surface area contributed by atoms with E-state index in [1.54, 1.807) is 0 Å². The molecule has 0 spiro atoms. The van der Waals surface area contributed by atoms with Crippen molar-refractivity contribution >= 4 is 5.91 Å². The van der Waals surface area contributed by atoms with Gasteiger partial charge < -0.3 is 19.6 Å². The van der Waals surface area contributed by atoms with Gasteiger partial charge in [-0.25, -0.2) is 0 Å². The summed E-state index contributed by atoms with van der Waals surface area (Å²) in [5.74, 6) is 0.0326. The minimum Gasteiger partial charge on any atom is -0.394 e. The molecule has 5 nitrogen and oxygen atoms in total. The van der Waals surface area contributed by atoms with E-state index in [0.717, 1.165) is 32.5 Å². The maximum atomic E-state index is 11.9. The second-order valence-electron chi connectivity index (χ2n) is 4.82. The molecule has 0 aromatic carbocycles. The van der Waals surface area contributed by atoms with Gasteiger partial charge in [-0.15, -0.1) is 0 Å². The fourth-order valence-corrected chi connectivity index (χ4v) is 2.80. The fourth-order valence-electron chi connectivity index (χ4n) is 2.80. The molecule has 0 radical (unpaired) electrons. The van der Waals surface area contributed by atoms with Crippen LogP contribution in [0.5, 0.6) is 0 Å². The van der Waals surface area contributed by atoms with Gasteiger partial charge in [0.05, 0.1) is 19.3 Å². The minimum atomic E-state index is -0.144. The maximum absolute atomic E-state index is 11.9. The second-order valence-corrected chi connectivity index (χ2v) is 4.82. The molecular weight excluding hydrogens is 220 g/mol. The molecule has 2 rings (SSSR count).